The molecule has 3 heterocycles. The van der Waals surface area contributed by atoms with Crippen LogP contribution in [0.4, 0.5) is 0 Å². The fourth-order valence-corrected chi connectivity index (χ4v) is 8.16. The Balaban J connectivity index is 1.21. The summed E-state index contributed by atoms with van der Waals surface area (Å²) >= 11 is 1.74. The largest absolute Gasteiger partial charge is 0.309 e. The van der Waals surface area contributed by atoms with Crippen molar-refractivity contribution in [2.45, 2.75) is 0 Å². The van der Waals surface area contributed by atoms with Crippen LogP contribution in [0.25, 0.3) is 86.9 Å². The van der Waals surface area contributed by atoms with Crippen LogP contribution in [0.3, 0.4) is 0 Å². The molecule has 4 heteroatoms. The number of nitrogens with zero attached hydrogens (tertiary/aromatic N) is 3. The highest BCUT2D eigenvalue weighted by Crippen LogP contribution is 2.40. The zero-order chi connectivity index (χ0) is 30.9. The van der Waals surface area contributed by atoms with Crippen LogP contribution in [-0.4, -0.2) is 14.1 Å². The van der Waals surface area contributed by atoms with Crippen molar-refractivity contribution >= 4 is 65.2 Å². The van der Waals surface area contributed by atoms with Crippen molar-refractivity contribution in [3.63, 3.8) is 0 Å². The molecule has 0 saturated carbocycles. The molecule has 0 bridgehead atoms. The van der Waals surface area contributed by atoms with Crippen molar-refractivity contribution in [3.05, 3.63) is 164 Å². The van der Waals surface area contributed by atoms with E-state index < -0.39 is 0 Å². The molecule has 3 aromatic heterocycles. The van der Waals surface area contributed by atoms with E-state index in [0.29, 0.717) is 0 Å². The fraction of sp³-hybridized carbons (Fsp3) is 0. The van der Waals surface area contributed by atoms with E-state index in [1.807, 2.05) is 0 Å². The van der Waals surface area contributed by atoms with Crippen molar-refractivity contribution in [2.24, 2.45) is 0 Å². The number of para-hydroxylation sites is 3. The first-order valence-electron chi connectivity index (χ1n) is 15.9. The van der Waals surface area contributed by atoms with Gasteiger partial charge in [-0.25, -0.2) is 4.98 Å². The van der Waals surface area contributed by atoms with Crippen molar-refractivity contribution in [2.75, 3.05) is 0 Å². The standard InChI is InChI=1S/C43H27N3S/c1-2-11-28(12-3-1)29-21-23-31(24-22-29)45-38-18-7-4-15-33(38)35-27-41-36(26-40(35)45)34-16-5-8-19-39(34)46(41)32-14-10-13-30(25-32)43-44-37-17-6-9-20-42(37)47-43/h1-27H. The average molecular weight is 618 g/mol. The van der Waals surface area contributed by atoms with Gasteiger partial charge in [0.2, 0.25) is 0 Å². The third-order valence-corrected chi connectivity index (χ3v) is 10.4. The molecule has 0 aliphatic carbocycles. The van der Waals surface area contributed by atoms with Crippen LogP contribution < -0.4 is 0 Å². The predicted octanol–water partition coefficient (Wildman–Crippen LogP) is 11.8. The van der Waals surface area contributed by atoms with Gasteiger partial charge >= 0.3 is 0 Å². The van der Waals surface area contributed by atoms with E-state index in [1.54, 1.807) is 11.3 Å². The molecular formula is C43H27N3S. The third kappa shape index (κ3) is 4.09. The first kappa shape index (κ1) is 26.3. The first-order chi connectivity index (χ1) is 23.3. The quantitative estimate of drug-likeness (QED) is 0.193. The molecular weight excluding hydrogens is 591 g/mol. The highest BCUT2D eigenvalue weighted by molar-refractivity contribution is 7.21. The third-order valence-electron chi connectivity index (χ3n) is 9.34. The van der Waals surface area contributed by atoms with Crippen LogP contribution in [0.2, 0.25) is 0 Å². The lowest BCUT2D eigenvalue weighted by Crippen LogP contribution is -1.95. The molecule has 7 aromatic carbocycles. The number of thiazole rings is 1. The van der Waals surface area contributed by atoms with E-state index in [2.05, 4.69) is 173 Å². The molecule has 0 aliphatic rings. The van der Waals surface area contributed by atoms with Crippen molar-refractivity contribution in [1.29, 1.82) is 0 Å². The van der Waals surface area contributed by atoms with Gasteiger partial charge in [-0.05, 0) is 71.8 Å². The minimum atomic E-state index is 1.04. The topological polar surface area (TPSA) is 22.8 Å². The maximum absolute atomic E-state index is 4.97. The molecule has 10 aromatic rings. The van der Waals surface area contributed by atoms with Gasteiger partial charge < -0.3 is 9.13 Å². The maximum atomic E-state index is 4.97. The monoisotopic (exact) mass is 617 g/mol. The fourth-order valence-electron chi connectivity index (χ4n) is 7.19. The van der Waals surface area contributed by atoms with Gasteiger partial charge in [-0.1, -0.05) is 103 Å². The molecule has 0 fully saturated rings. The lowest BCUT2D eigenvalue weighted by Gasteiger charge is -2.11. The van der Waals surface area contributed by atoms with Gasteiger partial charge in [0.15, 0.2) is 0 Å². The van der Waals surface area contributed by atoms with E-state index in [9.17, 15) is 0 Å². The molecule has 47 heavy (non-hydrogen) atoms. The van der Waals surface area contributed by atoms with E-state index in [1.165, 1.54) is 59.4 Å². The lowest BCUT2D eigenvalue weighted by atomic mass is 10.1. The lowest BCUT2D eigenvalue weighted by molar-refractivity contribution is 1.17. The van der Waals surface area contributed by atoms with Crippen LogP contribution in [0, 0.1) is 0 Å². The minimum Gasteiger partial charge on any atom is -0.309 e. The smallest absolute Gasteiger partial charge is 0.124 e. The molecule has 0 atom stereocenters. The molecule has 0 amide bonds. The van der Waals surface area contributed by atoms with Crippen LogP contribution in [-0.2, 0) is 0 Å². The second-order valence-electron chi connectivity index (χ2n) is 12.0. The van der Waals surface area contributed by atoms with E-state index >= 15 is 0 Å². The summed E-state index contributed by atoms with van der Waals surface area (Å²) in [6.45, 7) is 0. The Bertz CT molecular complexity index is 2750. The molecule has 0 radical (unpaired) electrons. The number of rotatable bonds is 4. The molecule has 0 spiro atoms. The molecule has 10 rings (SSSR count). The zero-order valence-corrected chi connectivity index (χ0v) is 26.2. The number of aromatic nitrogens is 3. The van der Waals surface area contributed by atoms with Gasteiger partial charge in [-0.3, -0.25) is 0 Å². The number of fused-ring (bicyclic) bond motifs is 7. The Kier molecular flexibility index (Phi) is 5.74. The highest BCUT2D eigenvalue weighted by atomic mass is 32.1. The SMILES string of the molecule is c1ccc(-c2ccc(-n3c4ccccc4c4cc5c(cc43)c3ccccc3n5-c3cccc(-c4nc5ccccc5s4)c3)cc2)cc1. The summed E-state index contributed by atoms with van der Waals surface area (Å²) < 4.78 is 6.04. The summed E-state index contributed by atoms with van der Waals surface area (Å²) in [6.07, 6.45) is 0. The first-order valence-corrected chi connectivity index (χ1v) is 16.7. The molecule has 0 saturated heterocycles. The van der Waals surface area contributed by atoms with Crippen molar-refractivity contribution in [3.8, 4) is 33.1 Å². The van der Waals surface area contributed by atoms with E-state index in [-0.39, 0.29) is 0 Å². The van der Waals surface area contributed by atoms with Crippen LogP contribution in [0.5, 0.6) is 0 Å². The molecule has 0 unspecified atom stereocenters. The number of hydrogen-bond acceptors (Lipinski definition) is 2. The Morgan fingerprint density at radius 3 is 1.66 bits per heavy atom. The van der Waals surface area contributed by atoms with Crippen LogP contribution in [0.1, 0.15) is 0 Å². The van der Waals surface area contributed by atoms with Gasteiger partial charge in [0.1, 0.15) is 5.01 Å². The van der Waals surface area contributed by atoms with Gasteiger partial charge in [-0.2, -0.15) is 0 Å². The summed E-state index contributed by atoms with van der Waals surface area (Å²) in [5.41, 5.74) is 11.7. The number of benzene rings is 7. The molecule has 3 nitrogen and oxygen atoms in total. The Morgan fingerprint density at radius 1 is 0.383 bits per heavy atom. The van der Waals surface area contributed by atoms with E-state index in [0.717, 1.165) is 27.5 Å². The van der Waals surface area contributed by atoms with Crippen molar-refractivity contribution in [1.82, 2.24) is 14.1 Å². The molecule has 0 aliphatic heterocycles. The van der Waals surface area contributed by atoms with Crippen molar-refractivity contribution < 1.29 is 0 Å². The van der Waals surface area contributed by atoms with Crippen LogP contribution in [0.15, 0.2) is 164 Å². The average Bonchev–Trinajstić information content (AvgIpc) is 3.81. The summed E-state index contributed by atoms with van der Waals surface area (Å²) in [4.78, 5) is 4.97. The van der Waals surface area contributed by atoms with Gasteiger partial charge in [0.05, 0.1) is 32.3 Å². The van der Waals surface area contributed by atoms with Crippen LogP contribution >= 0.6 is 11.3 Å². The summed E-state index contributed by atoms with van der Waals surface area (Å²) in [5, 5.41) is 6.01. The second kappa shape index (κ2) is 10.3. The molecule has 0 N–H and O–H groups in total. The second-order valence-corrected chi connectivity index (χ2v) is 13.1. The van der Waals surface area contributed by atoms with Gasteiger partial charge in [0, 0.05) is 38.5 Å². The molecule has 220 valence electrons. The Morgan fingerprint density at radius 2 is 0.957 bits per heavy atom. The van der Waals surface area contributed by atoms with Gasteiger partial charge in [-0.15, -0.1) is 11.3 Å². The van der Waals surface area contributed by atoms with Gasteiger partial charge in [0.25, 0.3) is 0 Å². The predicted molar refractivity (Wildman–Crippen MR) is 199 cm³/mol. The Labute approximate surface area is 275 Å². The minimum absolute atomic E-state index is 1.04. The Hall–Kier alpha value is -5.97. The summed E-state index contributed by atoms with van der Waals surface area (Å²) in [5.74, 6) is 0. The highest BCUT2D eigenvalue weighted by Gasteiger charge is 2.19. The summed E-state index contributed by atoms with van der Waals surface area (Å²) in [7, 11) is 0. The normalized spacial score (nSPS) is 11.8. The maximum Gasteiger partial charge on any atom is 0.124 e. The number of hydrogen-bond donors (Lipinski definition) is 0. The van der Waals surface area contributed by atoms with E-state index in [4.69, 9.17) is 4.98 Å². The zero-order valence-electron chi connectivity index (χ0n) is 25.3. The summed E-state index contributed by atoms with van der Waals surface area (Å²) in [6, 6.07) is 59.0.